The summed E-state index contributed by atoms with van der Waals surface area (Å²) in [6.45, 7) is 0.604. The molecule has 0 heterocycles. The van der Waals surface area contributed by atoms with Crippen LogP contribution in [0.15, 0.2) is 18.2 Å². The molecule has 0 fully saturated rings. The molecule has 1 aromatic rings. The number of nitrogens with one attached hydrogen (secondary N) is 1. The molecule has 0 saturated carbocycles. The van der Waals surface area contributed by atoms with E-state index >= 15 is 0 Å². The van der Waals surface area contributed by atoms with Gasteiger partial charge in [0.05, 0.1) is 4.92 Å². The predicted octanol–water partition coefficient (Wildman–Crippen LogP) is 2.14. The summed E-state index contributed by atoms with van der Waals surface area (Å²) in [5, 5.41) is 22.0. The fourth-order valence-electron chi connectivity index (χ4n) is 1.51. The second-order valence-corrected chi connectivity index (χ2v) is 4.37. The maximum Gasteiger partial charge on any atom is 0.288 e. The quantitative estimate of drug-likeness (QED) is 0.456. The minimum Gasteiger partial charge on any atom is -0.396 e. The fourth-order valence-corrected chi connectivity index (χ4v) is 1.70. The minimum atomic E-state index is -0.625. The van der Waals surface area contributed by atoms with Crippen LogP contribution in [-0.4, -0.2) is 29.1 Å². The van der Waals surface area contributed by atoms with Crippen LogP contribution in [0.2, 0.25) is 5.02 Å². The first kappa shape index (κ1) is 15.4. The topological polar surface area (TPSA) is 92.5 Å². The predicted molar refractivity (Wildman–Crippen MR) is 71.4 cm³/mol. The summed E-state index contributed by atoms with van der Waals surface area (Å²) < 4.78 is 0. The molecule has 104 valence electrons. The number of aliphatic hydroxyl groups is 1. The molecular weight excluding hydrogens is 272 g/mol. The van der Waals surface area contributed by atoms with Crippen molar-refractivity contribution in [2.75, 3.05) is 13.2 Å². The van der Waals surface area contributed by atoms with Gasteiger partial charge in [0.15, 0.2) is 0 Å². The van der Waals surface area contributed by atoms with Crippen LogP contribution >= 0.6 is 11.6 Å². The number of hydrogen-bond donors (Lipinski definition) is 2. The monoisotopic (exact) mass is 286 g/mol. The van der Waals surface area contributed by atoms with Gasteiger partial charge in [0.25, 0.3) is 11.6 Å². The third-order valence-electron chi connectivity index (χ3n) is 2.53. The van der Waals surface area contributed by atoms with Gasteiger partial charge in [-0.3, -0.25) is 14.9 Å². The van der Waals surface area contributed by atoms with Crippen molar-refractivity contribution in [3.8, 4) is 0 Å². The van der Waals surface area contributed by atoms with Gasteiger partial charge in [-0.25, -0.2) is 0 Å². The number of hydrogen-bond acceptors (Lipinski definition) is 4. The number of nitro benzene ring substituents is 1. The number of rotatable bonds is 7. The molecule has 6 nitrogen and oxygen atoms in total. The molecule has 1 aromatic carbocycles. The molecule has 0 bridgehead atoms. The van der Waals surface area contributed by atoms with E-state index in [2.05, 4.69) is 5.32 Å². The molecule has 0 spiro atoms. The van der Waals surface area contributed by atoms with Gasteiger partial charge in [0.1, 0.15) is 5.02 Å². The van der Waals surface area contributed by atoms with Crippen molar-refractivity contribution >= 4 is 23.2 Å². The van der Waals surface area contributed by atoms with E-state index < -0.39 is 4.92 Å². The number of amides is 1. The summed E-state index contributed by atoms with van der Waals surface area (Å²) in [6.07, 6.45) is 2.27. The Morgan fingerprint density at radius 3 is 2.74 bits per heavy atom. The Hall–Kier alpha value is -1.66. The lowest BCUT2D eigenvalue weighted by molar-refractivity contribution is -0.384. The summed E-state index contributed by atoms with van der Waals surface area (Å²) in [5.41, 5.74) is -0.0761. The lowest BCUT2D eigenvalue weighted by Gasteiger charge is -2.05. The molecule has 0 unspecified atom stereocenters. The van der Waals surface area contributed by atoms with Crippen molar-refractivity contribution in [1.29, 1.82) is 0 Å². The van der Waals surface area contributed by atoms with E-state index in [4.69, 9.17) is 16.7 Å². The van der Waals surface area contributed by atoms with Crippen molar-refractivity contribution < 1.29 is 14.8 Å². The molecule has 0 aliphatic heterocycles. The Labute approximate surface area is 115 Å². The number of carbonyl (C=O) groups is 1. The van der Waals surface area contributed by atoms with Crippen molar-refractivity contribution in [3.63, 3.8) is 0 Å². The van der Waals surface area contributed by atoms with Crippen LogP contribution in [0.5, 0.6) is 0 Å². The molecular formula is C12H15ClN2O4. The van der Waals surface area contributed by atoms with Crippen molar-refractivity contribution in [2.24, 2.45) is 0 Å². The highest BCUT2D eigenvalue weighted by atomic mass is 35.5. The maximum atomic E-state index is 11.7. The Balaban J connectivity index is 2.57. The Bertz CT molecular complexity index is 465. The van der Waals surface area contributed by atoms with Crippen molar-refractivity contribution in [2.45, 2.75) is 19.3 Å². The smallest absolute Gasteiger partial charge is 0.288 e. The number of halogens is 1. The average molecular weight is 287 g/mol. The van der Waals surface area contributed by atoms with E-state index in [0.29, 0.717) is 13.0 Å². The molecule has 19 heavy (non-hydrogen) atoms. The van der Waals surface area contributed by atoms with Crippen LogP contribution in [0.3, 0.4) is 0 Å². The van der Waals surface area contributed by atoms with Crippen LogP contribution in [0.4, 0.5) is 5.69 Å². The number of aliphatic hydroxyl groups excluding tert-OH is 1. The second-order valence-electron chi connectivity index (χ2n) is 3.96. The third kappa shape index (κ3) is 4.84. The standard InChI is InChI=1S/C12H15ClN2O4/c13-10-5-4-9(8-11(10)15(18)19)12(17)14-6-2-1-3-7-16/h4-5,8,16H,1-3,6-7H2,(H,14,17). The molecule has 2 N–H and O–H groups in total. The summed E-state index contributed by atoms with van der Waals surface area (Å²) in [6, 6.07) is 3.93. The summed E-state index contributed by atoms with van der Waals surface area (Å²) in [7, 11) is 0. The van der Waals surface area contributed by atoms with Gasteiger partial charge in [0, 0.05) is 24.8 Å². The number of unbranched alkanes of at least 4 members (excludes halogenated alkanes) is 2. The summed E-state index contributed by atoms with van der Waals surface area (Å²) in [5.74, 6) is -0.372. The second kappa shape index (κ2) is 7.70. The van der Waals surface area contributed by atoms with E-state index in [9.17, 15) is 14.9 Å². The fraction of sp³-hybridized carbons (Fsp3) is 0.417. The van der Waals surface area contributed by atoms with E-state index in [-0.39, 0.29) is 28.8 Å². The molecule has 0 aliphatic carbocycles. The van der Waals surface area contributed by atoms with Gasteiger partial charge in [-0.05, 0) is 31.4 Å². The Kier molecular flexibility index (Phi) is 6.24. The van der Waals surface area contributed by atoms with Crippen LogP contribution < -0.4 is 5.32 Å². The molecule has 7 heteroatoms. The first-order valence-electron chi connectivity index (χ1n) is 5.89. The first-order chi connectivity index (χ1) is 9.06. The highest BCUT2D eigenvalue weighted by Crippen LogP contribution is 2.24. The first-order valence-corrected chi connectivity index (χ1v) is 6.27. The zero-order chi connectivity index (χ0) is 14.3. The molecule has 0 radical (unpaired) electrons. The van der Waals surface area contributed by atoms with E-state index in [1.807, 2.05) is 0 Å². The van der Waals surface area contributed by atoms with Crippen molar-refractivity contribution in [1.82, 2.24) is 5.32 Å². The maximum absolute atomic E-state index is 11.7. The summed E-state index contributed by atoms with van der Waals surface area (Å²) >= 11 is 5.66. The molecule has 0 atom stereocenters. The molecule has 0 aromatic heterocycles. The third-order valence-corrected chi connectivity index (χ3v) is 2.85. The van der Waals surface area contributed by atoms with Gasteiger partial charge >= 0.3 is 0 Å². The van der Waals surface area contributed by atoms with Crippen LogP contribution in [0.25, 0.3) is 0 Å². The van der Waals surface area contributed by atoms with Gasteiger partial charge in [-0.2, -0.15) is 0 Å². The van der Waals surface area contributed by atoms with Gasteiger partial charge < -0.3 is 10.4 Å². The number of nitrogens with zero attached hydrogens (tertiary/aromatic N) is 1. The zero-order valence-electron chi connectivity index (χ0n) is 10.3. The molecule has 0 saturated heterocycles. The highest BCUT2D eigenvalue weighted by molar-refractivity contribution is 6.32. The zero-order valence-corrected chi connectivity index (χ0v) is 11.0. The van der Waals surface area contributed by atoms with E-state index in [1.165, 1.54) is 12.1 Å². The number of benzene rings is 1. The van der Waals surface area contributed by atoms with Gasteiger partial charge in [-0.1, -0.05) is 11.6 Å². The van der Waals surface area contributed by atoms with Crippen LogP contribution in [0, 0.1) is 10.1 Å². The van der Waals surface area contributed by atoms with E-state index in [0.717, 1.165) is 18.9 Å². The molecule has 0 aliphatic rings. The largest absolute Gasteiger partial charge is 0.396 e. The number of carbonyl (C=O) groups excluding carboxylic acids is 1. The molecule has 1 rings (SSSR count). The number of nitro groups is 1. The summed E-state index contributed by atoms with van der Waals surface area (Å²) in [4.78, 5) is 21.8. The van der Waals surface area contributed by atoms with Crippen molar-refractivity contribution in [3.05, 3.63) is 38.9 Å². The molecule has 1 amide bonds. The lowest BCUT2D eigenvalue weighted by Crippen LogP contribution is -2.24. The van der Waals surface area contributed by atoms with Gasteiger partial charge in [-0.15, -0.1) is 0 Å². The highest BCUT2D eigenvalue weighted by Gasteiger charge is 2.15. The average Bonchev–Trinajstić information content (AvgIpc) is 2.38. The SMILES string of the molecule is O=C(NCCCCCO)c1ccc(Cl)c([N+](=O)[O-])c1. The minimum absolute atomic E-state index is 0.00416. The lowest BCUT2D eigenvalue weighted by atomic mass is 10.2. The Morgan fingerprint density at radius 1 is 1.37 bits per heavy atom. The van der Waals surface area contributed by atoms with Crippen LogP contribution in [0.1, 0.15) is 29.6 Å². The Morgan fingerprint density at radius 2 is 2.11 bits per heavy atom. The van der Waals surface area contributed by atoms with Crippen LogP contribution in [-0.2, 0) is 0 Å². The normalized spacial score (nSPS) is 10.2. The van der Waals surface area contributed by atoms with E-state index in [1.54, 1.807) is 0 Å². The van der Waals surface area contributed by atoms with Gasteiger partial charge in [0.2, 0.25) is 0 Å².